The molecule has 242 valence electrons. The van der Waals surface area contributed by atoms with E-state index in [0.29, 0.717) is 29.4 Å². The lowest BCUT2D eigenvalue weighted by molar-refractivity contribution is -0.151. The fraction of sp³-hybridized carbons (Fsp3) is 0.528. The van der Waals surface area contributed by atoms with Gasteiger partial charge in [-0.1, -0.05) is 24.3 Å². The molecule has 10 rings (SSSR count). The summed E-state index contributed by atoms with van der Waals surface area (Å²) in [6, 6.07) is 7.93. The number of ketones is 1. The predicted molar refractivity (Wildman–Crippen MR) is 167 cm³/mol. The Morgan fingerprint density at radius 3 is 1.96 bits per heavy atom. The van der Waals surface area contributed by atoms with Crippen LogP contribution >= 0.6 is 0 Å². The van der Waals surface area contributed by atoms with Crippen LogP contribution in [0.2, 0.25) is 0 Å². The number of likely N-dealkylation sites (N-methyl/N-ethyl adjacent to an activating group) is 2. The molecule has 4 aliphatic carbocycles. The normalized spacial score (nSPS) is 41.5. The summed E-state index contributed by atoms with van der Waals surface area (Å²) in [5.74, 6) is 2.61. The number of likely N-dealkylation sites (tertiary alicyclic amines) is 2. The molecule has 4 bridgehead atoms. The van der Waals surface area contributed by atoms with E-state index in [-0.39, 0.29) is 17.9 Å². The average molecular weight is 629 g/mol. The largest absolute Gasteiger partial charge is 0.493 e. The predicted octanol–water partition coefficient (Wildman–Crippen LogP) is 1.44. The van der Waals surface area contributed by atoms with Gasteiger partial charge in [0.25, 0.3) is 0 Å². The lowest BCUT2D eigenvalue weighted by atomic mass is 9.50. The highest BCUT2D eigenvalue weighted by Crippen LogP contribution is 2.65. The van der Waals surface area contributed by atoms with E-state index in [9.17, 15) is 20.1 Å². The SMILES string of the molecule is COc1ccc2c3c1O[C@H]1C(=O)C=C[C@@]4(O)[C@@H](C2)N(C)CC[C@]314.COc1ccc2c3c1O[C@H]1[C@@H](O)C=C[C@@]4(O)[C@@H](C2)N(C)CC[C@]314. The summed E-state index contributed by atoms with van der Waals surface area (Å²) in [6.07, 6.45) is 7.87. The van der Waals surface area contributed by atoms with Crippen molar-refractivity contribution in [3.63, 3.8) is 0 Å². The highest BCUT2D eigenvalue weighted by Gasteiger charge is 2.73. The lowest BCUT2D eigenvalue weighted by Crippen LogP contribution is -2.75. The summed E-state index contributed by atoms with van der Waals surface area (Å²) >= 11 is 0. The van der Waals surface area contributed by atoms with Crippen molar-refractivity contribution in [3.8, 4) is 23.0 Å². The molecule has 4 aliphatic heterocycles. The summed E-state index contributed by atoms with van der Waals surface area (Å²) in [4.78, 5) is 17.0. The van der Waals surface area contributed by atoms with E-state index in [2.05, 4.69) is 29.0 Å². The van der Waals surface area contributed by atoms with Crippen molar-refractivity contribution in [2.24, 2.45) is 0 Å². The Kier molecular flexibility index (Phi) is 5.72. The fourth-order valence-electron chi connectivity index (χ4n) is 10.7. The van der Waals surface area contributed by atoms with Crippen molar-refractivity contribution >= 4 is 5.78 Å². The fourth-order valence-corrected chi connectivity index (χ4v) is 10.7. The number of hydrogen-bond donors (Lipinski definition) is 3. The third kappa shape index (κ3) is 3.04. The number of ether oxygens (including phenoxy) is 4. The molecule has 46 heavy (non-hydrogen) atoms. The molecule has 10 nitrogen and oxygen atoms in total. The number of nitrogens with zero attached hydrogens (tertiary/aromatic N) is 2. The van der Waals surface area contributed by atoms with Crippen molar-refractivity contribution in [1.82, 2.24) is 9.80 Å². The van der Waals surface area contributed by atoms with Gasteiger partial charge >= 0.3 is 0 Å². The molecule has 0 aromatic heterocycles. The number of carbonyl (C=O) groups excluding carboxylic acids is 1. The molecule has 10 heteroatoms. The number of carbonyl (C=O) groups is 1. The number of rotatable bonds is 2. The Balaban J connectivity index is 0.000000127. The molecule has 0 saturated carbocycles. The quantitative estimate of drug-likeness (QED) is 0.422. The molecule has 0 radical (unpaired) electrons. The minimum absolute atomic E-state index is 0.00190. The van der Waals surface area contributed by atoms with Crippen LogP contribution in [-0.4, -0.2) is 114 Å². The highest BCUT2D eigenvalue weighted by molar-refractivity contribution is 5.99. The second kappa shape index (κ2) is 9.14. The maximum absolute atomic E-state index is 12.6. The van der Waals surface area contributed by atoms with E-state index < -0.39 is 40.3 Å². The Bertz CT molecular complexity index is 1760. The van der Waals surface area contributed by atoms with Crippen LogP contribution in [0.25, 0.3) is 0 Å². The van der Waals surface area contributed by atoms with Crippen LogP contribution in [0.5, 0.6) is 23.0 Å². The van der Waals surface area contributed by atoms with Gasteiger partial charge < -0.3 is 34.3 Å². The zero-order valence-electron chi connectivity index (χ0n) is 26.5. The average Bonchev–Trinajstić information content (AvgIpc) is 3.59. The van der Waals surface area contributed by atoms with Gasteiger partial charge in [0.05, 0.1) is 25.0 Å². The van der Waals surface area contributed by atoms with Crippen LogP contribution in [0.4, 0.5) is 0 Å². The van der Waals surface area contributed by atoms with Gasteiger partial charge in [0.2, 0.25) is 0 Å². The third-order valence-corrected chi connectivity index (χ3v) is 12.8. The minimum atomic E-state index is -1.08. The van der Waals surface area contributed by atoms with Crippen molar-refractivity contribution in [2.75, 3.05) is 41.4 Å². The van der Waals surface area contributed by atoms with Gasteiger partial charge in [-0.15, -0.1) is 0 Å². The lowest BCUT2D eigenvalue weighted by Gasteiger charge is -2.61. The zero-order valence-corrected chi connectivity index (χ0v) is 26.5. The van der Waals surface area contributed by atoms with E-state index in [1.165, 1.54) is 11.6 Å². The molecule has 0 unspecified atom stereocenters. The molecule has 2 saturated heterocycles. The second-order valence-corrected chi connectivity index (χ2v) is 14.4. The molecule has 0 amide bonds. The van der Waals surface area contributed by atoms with Gasteiger partial charge in [-0.2, -0.15) is 0 Å². The first kappa shape index (κ1) is 28.8. The minimum Gasteiger partial charge on any atom is -0.493 e. The standard InChI is InChI=1S/C18H21NO4.C18H19NO4/c2*1-19-8-7-17-14-10-3-4-12(22-2)15(14)23-16(17)11(20)5-6-18(17,21)13(19)9-10/h3-6,11,13,16,20-21H,7-9H2,1-2H3;3-6,13,16,21H,7-9H2,1-2H3/t11-,13+,16-,17-,18+;13-,16+,17+,18-/m01/s1. The summed E-state index contributed by atoms with van der Waals surface area (Å²) in [6.45, 7) is 1.72. The number of benzene rings is 2. The Hall–Kier alpha value is -3.41. The van der Waals surface area contributed by atoms with E-state index in [1.807, 2.05) is 25.3 Å². The van der Waals surface area contributed by atoms with Gasteiger partial charge in [-0.3, -0.25) is 14.6 Å². The number of methoxy groups -OCH3 is 2. The monoisotopic (exact) mass is 628 g/mol. The molecule has 2 aromatic carbocycles. The van der Waals surface area contributed by atoms with Crippen molar-refractivity contribution in [2.45, 2.75) is 78.1 Å². The molecular weight excluding hydrogens is 588 g/mol. The van der Waals surface area contributed by atoms with Crippen LogP contribution in [-0.2, 0) is 28.5 Å². The Morgan fingerprint density at radius 1 is 0.804 bits per heavy atom. The number of hydrogen-bond acceptors (Lipinski definition) is 10. The summed E-state index contributed by atoms with van der Waals surface area (Å²) in [7, 11) is 7.34. The smallest absolute Gasteiger partial charge is 0.196 e. The van der Waals surface area contributed by atoms with Crippen molar-refractivity contribution < 1.29 is 39.1 Å². The van der Waals surface area contributed by atoms with Crippen LogP contribution in [0.15, 0.2) is 48.6 Å². The summed E-state index contributed by atoms with van der Waals surface area (Å²) in [5, 5.41) is 33.9. The van der Waals surface area contributed by atoms with Crippen LogP contribution in [0, 0.1) is 0 Å². The number of aliphatic hydroxyl groups excluding tert-OH is 1. The molecular formula is C36H40N2O8. The highest BCUT2D eigenvalue weighted by atomic mass is 16.5. The molecule has 2 fully saturated rings. The first-order valence-electron chi connectivity index (χ1n) is 16.3. The van der Waals surface area contributed by atoms with Crippen LogP contribution in [0.3, 0.4) is 0 Å². The van der Waals surface area contributed by atoms with Gasteiger partial charge in [-0.25, -0.2) is 0 Å². The molecule has 3 N–H and O–H groups in total. The first-order valence-corrected chi connectivity index (χ1v) is 16.3. The number of piperidine rings is 2. The van der Waals surface area contributed by atoms with E-state index in [1.54, 1.807) is 26.4 Å². The Labute approximate surface area is 267 Å². The maximum atomic E-state index is 12.6. The van der Waals surface area contributed by atoms with Crippen molar-refractivity contribution in [1.29, 1.82) is 0 Å². The van der Waals surface area contributed by atoms with Gasteiger partial charge in [0.15, 0.2) is 34.9 Å². The molecule has 4 heterocycles. The first-order chi connectivity index (χ1) is 22.1. The van der Waals surface area contributed by atoms with E-state index in [4.69, 9.17) is 18.9 Å². The summed E-state index contributed by atoms with van der Waals surface area (Å²) in [5.41, 5.74) is 1.03. The Morgan fingerprint density at radius 2 is 1.35 bits per heavy atom. The molecule has 2 spiro atoms. The molecule has 9 atom stereocenters. The van der Waals surface area contributed by atoms with E-state index in [0.717, 1.165) is 49.0 Å². The molecule has 2 aromatic rings. The maximum Gasteiger partial charge on any atom is 0.196 e. The van der Waals surface area contributed by atoms with Crippen LogP contribution in [0.1, 0.15) is 35.1 Å². The third-order valence-electron chi connectivity index (χ3n) is 12.8. The van der Waals surface area contributed by atoms with E-state index >= 15 is 0 Å². The van der Waals surface area contributed by atoms with Crippen molar-refractivity contribution in [3.05, 3.63) is 70.8 Å². The van der Waals surface area contributed by atoms with Gasteiger partial charge in [-0.05, 0) is 88.3 Å². The van der Waals surface area contributed by atoms with Gasteiger partial charge in [0.1, 0.15) is 23.4 Å². The molecule has 8 aliphatic rings. The second-order valence-electron chi connectivity index (χ2n) is 14.4. The zero-order chi connectivity index (χ0) is 32.0. The van der Waals surface area contributed by atoms with Crippen LogP contribution < -0.4 is 18.9 Å². The number of aliphatic hydroxyl groups is 3. The topological polar surface area (TPSA) is 121 Å². The summed E-state index contributed by atoms with van der Waals surface area (Å²) < 4.78 is 23.3. The van der Waals surface area contributed by atoms with Gasteiger partial charge in [0, 0.05) is 23.2 Å².